The van der Waals surface area contributed by atoms with Crippen LogP contribution in [0.5, 0.6) is 5.75 Å². The fourth-order valence-corrected chi connectivity index (χ4v) is 2.64. The highest BCUT2D eigenvalue weighted by Crippen LogP contribution is 2.38. The van der Waals surface area contributed by atoms with Gasteiger partial charge in [0, 0.05) is 12.1 Å². The van der Waals surface area contributed by atoms with Crippen molar-refractivity contribution in [1.29, 1.82) is 0 Å². The summed E-state index contributed by atoms with van der Waals surface area (Å²) in [5, 5.41) is 3.05. The number of carbonyl (C=O) groups excluding carboxylic acids is 2. The van der Waals surface area contributed by atoms with Crippen molar-refractivity contribution in [3.63, 3.8) is 0 Å². The van der Waals surface area contributed by atoms with Crippen LogP contribution < -0.4 is 10.5 Å². The lowest BCUT2D eigenvalue weighted by Crippen LogP contribution is -2.36. The Morgan fingerprint density at radius 3 is 2.74 bits per heavy atom. The SMILES string of the molecule is CCCc1c(OCCCN(C=O)C(=O)CN)ccc2c(C(F)(F)F)noc12. The van der Waals surface area contributed by atoms with Crippen LogP contribution in [0.2, 0.25) is 0 Å². The van der Waals surface area contributed by atoms with Crippen LogP contribution in [0.1, 0.15) is 31.0 Å². The van der Waals surface area contributed by atoms with E-state index in [-0.39, 0.29) is 30.7 Å². The number of carbonyl (C=O) groups is 2. The molecular formula is C17H20F3N3O4. The number of benzene rings is 1. The molecule has 1 aromatic carbocycles. The lowest BCUT2D eigenvalue weighted by atomic mass is 10.0. The standard InChI is InChI=1S/C17H20F3N3O4/c1-2-4-11-13(26-8-3-7-23(10-24)14(25)9-21)6-5-12-15(11)27-22-16(12)17(18,19)20/h5-6,10H,2-4,7-9,21H2,1H3. The van der Waals surface area contributed by atoms with Crippen molar-refractivity contribution in [3.8, 4) is 5.75 Å². The van der Waals surface area contributed by atoms with Crippen LogP contribution in [0.15, 0.2) is 16.7 Å². The Kier molecular flexibility index (Phi) is 6.78. The van der Waals surface area contributed by atoms with Crippen molar-refractivity contribution in [2.75, 3.05) is 19.7 Å². The number of hydrogen-bond acceptors (Lipinski definition) is 6. The first kappa shape index (κ1) is 20.7. The zero-order valence-electron chi connectivity index (χ0n) is 14.7. The van der Waals surface area contributed by atoms with Gasteiger partial charge in [-0.1, -0.05) is 18.5 Å². The number of halogens is 3. The van der Waals surface area contributed by atoms with E-state index in [4.69, 9.17) is 15.0 Å². The van der Waals surface area contributed by atoms with Gasteiger partial charge in [-0.25, -0.2) is 0 Å². The van der Waals surface area contributed by atoms with Gasteiger partial charge in [0.05, 0.1) is 18.5 Å². The summed E-state index contributed by atoms with van der Waals surface area (Å²) in [6, 6.07) is 2.71. The molecule has 0 bridgehead atoms. The molecule has 2 rings (SSSR count). The molecule has 0 fully saturated rings. The Morgan fingerprint density at radius 2 is 2.15 bits per heavy atom. The van der Waals surface area contributed by atoms with E-state index in [9.17, 15) is 22.8 Å². The van der Waals surface area contributed by atoms with Gasteiger partial charge in [0.15, 0.2) is 11.3 Å². The number of nitrogens with two attached hydrogens (primary N) is 1. The van der Waals surface area contributed by atoms with Gasteiger partial charge in [-0.3, -0.25) is 14.5 Å². The highest BCUT2D eigenvalue weighted by atomic mass is 19.4. The minimum atomic E-state index is -4.61. The Balaban J connectivity index is 2.15. The van der Waals surface area contributed by atoms with Crippen LogP contribution in [-0.4, -0.2) is 42.1 Å². The molecule has 0 radical (unpaired) electrons. The maximum absolute atomic E-state index is 13.0. The van der Waals surface area contributed by atoms with E-state index in [1.807, 2.05) is 6.92 Å². The van der Waals surface area contributed by atoms with Gasteiger partial charge in [-0.2, -0.15) is 13.2 Å². The summed E-state index contributed by atoms with van der Waals surface area (Å²) in [6.07, 6.45) is -2.74. The Morgan fingerprint density at radius 1 is 1.41 bits per heavy atom. The lowest BCUT2D eigenvalue weighted by Gasteiger charge is -2.15. The quantitative estimate of drug-likeness (QED) is 0.524. The zero-order valence-corrected chi connectivity index (χ0v) is 14.7. The number of imide groups is 1. The second kappa shape index (κ2) is 8.85. The molecular weight excluding hydrogens is 367 g/mol. The van der Waals surface area contributed by atoms with Crippen LogP contribution in [0.25, 0.3) is 11.0 Å². The number of aryl methyl sites for hydroxylation is 1. The molecule has 0 aliphatic carbocycles. The normalized spacial score (nSPS) is 11.6. The summed E-state index contributed by atoms with van der Waals surface area (Å²) in [5.41, 5.74) is 4.69. The average molecular weight is 387 g/mol. The molecule has 1 aromatic heterocycles. The molecule has 0 spiro atoms. The molecule has 0 aliphatic heterocycles. The number of aromatic nitrogens is 1. The summed E-state index contributed by atoms with van der Waals surface area (Å²) >= 11 is 0. The van der Waals surface area contributed by atoms with Gasteiger partial charge in [0.25, 0.3) is 0 Å². The van der Waals surface area contributed by atoms with Gasteiger partial charge >= 0.3 is 6.18 Å². The number of amides is 2. The van der Waals surface area contributed by atoms with Crippen LogP contribution in [0, 0.1) is 0 Å². The smallest absolute Gasteiger partial charge is 0.437 e. The molecule has 27 heavy (non-hydrogen) atoms. The first-order chi connectivity index (χ1) is 12.8. The minimum Gasteiger partial charge on any atom is -0.493 e. The van der Waals surface area contributed by atoms with E-state index in [0.717, 1.165) is 4.90 Å². The van der Waals surface area contributed by atoms with E-state index < -0.39 is 17.8 Å². The largest absolute Gasteiger partial charge is 0.493 e. The maximum atomic E-state index is 13.0. The minimum absolute atomic E-state index is 0.0505. The summed E-state index contributed by atoms with van der Waals surface area (Å²) < 4.78 is 49.6. The number of alkyl halides is 3. The monoisotopic (exact) mass is 387 g/mol. The topological polar surface area (TPSA) is 98.7 Å². The van der Waals surface area contributed by atoms with Crippen LogP contribution in [0.3, 0.4) is 0 Å². The van der Waals surface area contributed by atoms with Crippen LogP contribution in [0.4, 0.5) is 13.2 Å². The van der Waals surface area contributed by atoms with Crippen molar-refractivity contribution >= 4 is 23.3 Å². The fraction of sp³-hybridized carbons (Fsp3) is 0.471. The van der Waals surface area contributed by atoms with Crippen molar-refractivity contribution in [1.82, 2.24) is 10.1 Å². The molecule has 0 aliphatic rings. The predicted molar refractivity (Wildman–Crippen MR) is 89.9 cm³/mol. The molecule has 2 amide bonds. The van der Waals surface area contributed by atoms with Crippen LogP contribution >= 0.6 is 0 Å². The summed E-state index contributed by atoms with van der Waals surface area (Å²) in [6.45, 7) is 1.89. The molecule has 0 saturated heterocycles. The van der Waals surface area contributed by atoms with E-state index in [1.54, 1.807) is 0 Å². The summed E-state index contributed by atoms with van der Waals surface area (Å²) in [7, 11) is 0. The molecule has 0 saturated carbocycles. The third-order valence-corrected chi connectivity index (χ3v) is 3.89. The number of rotatable bonds is 9. The van der Waals surface area contributed by atoms with Gasteiger partial charge in [0.2, 0.25) is 12.3 Å². The first-order valence-corrected chi connectivity index (χ1v) is 8.39. The average Bonchev–Trinajstić information content (AvgIpc) is 3.07. The fourth-order valence-electron chi connectivity index (χ4n) is 2.64. The number of fused-ring (bicyclic) bond motifs is 1. The third kappa shape index (κ3) is 4.76. The molecule has 1 heterocycles. The molecule has 2 aromatic rings. The second-order valence-electron chi connectivity index (χ2n) is 5.80. The highest BCUT2D eigenvalue weighted by Gasteiger charge is 2.37. The maximum Gasteiger partial charge on any atom is 0.437 e. The van der Waals surface area contributed by atoms with Crippen molar-refractivity contribution in [2.24, 2.45) is 5.73 Å². The van der Waals surface area contributed by atoms with Crippen molar-refractivity contribution in [2.45, 2.75) is 32.4 Å². The zero-order chi connectivity index (χ0) is 20.0. The van der Waals surface area contributed by atoms with E-state index in [0.29, 0.717) is 37.0 Å². The van der Waals surface area contributed by atoms with E-state index >= 15 is 0 Å². The summed E-state index contributed by atoms with van der Waals surface area (Å²) in [4.78, 5) is 23.2. The molecule has 0 atom stereocenters. The third-order valence-electron chi connectivity index (χ3n) is 3.89. The van der Waals surface area contributed by atoms with E-state index in [2.05, 4.69) is 5.16 Å². The van der Waals surface area contributed by atoms with Gasteiger partial charge < -0.3 is 15.0 Å². The number of nitrogens with zero attached hydrogens (tertiary/aromatic N) is 2. The molecule has 148 valence electrons. The molecule has 0 unspecified atom stereocenters. The lowest BCUT2D eigenvalue weighted by molar-refractivity contribution is -0.141. The van der Waals surface area contributed by atoms with Gasteiger partial charge in [0.1, 0.15) is 5.75 Å². The summed E-state index contributed by atoms with van der Waals surface area (Å²) in [5.74, 6) is -0.114. The molecule has 2 N–H and O–H groups in total. The first-order valence-electron chi connectivity index (χ1n) is 8.39. The van der Waals surface area contributed by atoms with Gasteiger partial charge in [-0.05, 0) is 25.0 Å². The van der Waals surface area contributed by atoms with Crippen LogP contribution in [-0.2, 0) is 22.2 Å². The Hall–Kier alpha value is -2.62. The second-order valence-corrected chi connectivity index (χ2v) is 5.80. The predicted octanol–water partition coefficient (Wildman–Crippen LogP) is 2.51. The molecule has 7 nitrogen and oxygen atoms in total. The highest BCUT2D eigenvalue weighted by molar-refractivity contribution is 5.87. The number of hydrogen-bond donors (Lipinski definition) is 1. The van der Waals surface area contributed by atoms with Crippen molar-refractivity contribution in [3.05, 3.63) is 23.4 Å². The Bertz CT molecular complexity index is 805. The molecule has 10 heteroatoms. The number of ether oxygens (including phenoxy) is 1. The van der Waals surface area contributed by atoms with Crippen molar-refractivity contribution < 1.29 is 32.0 Å². The van der Waals surface area contributed by atoms with E-state index in [1.165, 1.54) is 12.1 Å². The Labute approximate surface area is 153 Å². The van der Waals surface area contributed by atoms with Gasteiger partial charge in [-0.15, -0.1) is 0 Å².